The van der Waals surface area contributed by atoms with Gasteiger partial charge in [-0.05, 0) is 38.1 Å². The van der Waals surface area contributed by atoms with Gasteiger partial charge in [0.1, 0.15) is 6.04 Å². The molecular weight excluding hydrogens is 218 g/mol. The van der Waals surface area contributed by atoms with Crippen LogP contribution in [0.25, 0.3) is 0 Å². The zero-order chi connectivity index (χ0) is 12.9. The van der Waals surface area contributed by atoms with E-state index in [4.69, 9.17) is 9.47 Å². The number of methoxy groups -OCH3 is 1. The lowest BCUT2D eigenvalue weighted by molar-refractivity contribution is -0.145. The van der Waals surface area contributed by atoms with Gasteiger partial charge in [0.2, 0.25) is 0 Å². The summed E-state index contributed by atoms with van der Waals surface area (Å²) in [6, 6.07) is -0.352. The van der Waals surface area contributed by atoms with Crippen molar-refractivity contribution in [3.8, 4) is 0 Å². The molecule has 4 heteroatoms. The zero-order valence-electron chi connectivity index (χ0n) is 11.4. The molecule has 1 fully saturated rings. The Labute approximate surface area is 104 Å². The molecular formula is C13H25NO3. The van der Waals surface area contributed by atoms with E-state index < -0.39 is 0 Å². The second-order valence-corrected chi connectivity index (χ2v) is 5.56. The highest BCUT2D eigenvalue weighted by atomic mass is 16.5. The Kier molecular flexibility index (Phi) is 5.40. The molecule has 0 amide bonds. The molecule has 0 aliphatic heterocycles. The predicted molar refractivity (Wildman–Crippen MR) is 66.9 cm³/mol. The maximum atomic E-state index is 11.4. The summed E-state index contributed by atoms with van der Waals surface area (Å²) in [7, 11) is 3.14. The lowest BCUT2D eigenvalue weighted by Gasteiger charge is -2.34. The van der Waals surface area contributed by atoms with Gasteiger partial charge in [0, 0.05) is 0 Å². The minimum atomic E-state index is -0.352. The van der Waals surface area contributed by atoms with Gasteiger partial charge < -0.3 is 14.8 Å². The molecule has 0 aromatic heterocycles. The maximum Gasteiger partial charge on any atom is 0.325 e. The molecule has 0 aromatic rings. The standard InChI is InChI=1S/C13H25NO3/c1-13(2)7-5-10(6-8-13)17-9-11(14-3)12(15)16-4/h10-11,14H,5-9H2,1-4H3. The van der Waals surface area contributed by atoms with Gasteiger partial charge in [0.15, 0.2) is 0 Å². The molecule has 0 radical (unpaired) electrons. The molecule has 17 heavy (non-hydrogen) atoms. The fourth-order valence-electron chi connectivity index (χ4n) is 2.18. The highest BCUT2D eigenvalue weighted by Crippen LogP contribution is 2.36. The summed E-state index contributed by atoms with van der Waals surface area (Å²) in [5, 5.41) is 2.91. The number of hydrogen-bond acceptors (Lipinski definition) is 4. The first-order valence-electron chi connectivity index (χ1n) is 6.35. The second kappa shape index (κ2) is 6.36. The SMILES string of the molecule is CNC(COC1CCC(C)(C)CC1)C(=O)OC. The molecule has 4 nitrogen and oxygen atoms in total. The summed E-state index contributed by atoms with van der Waals surface area (Å²) in [6.07, 6.45) is 4.86. The van der Waals surface area contributed by atoms with Gasteiger partial charge >= 0.3 is 5.97 Å². The van der Waals surface area contributed by atoms with Crippen molar-refractivity contribution in [2.24, 2.45) is 5.41 Å². The largest absolute Gasteiger partial charge is 0.468 e. The van der Waals surface area contributed by atoms with Gasteiger partial charge in [0.25, 0.3) is 0 Å². The van der Waals surface area contributed by atoms with Gasteiger partial charge in [-0.2, -0.15) is 0 Å². The van der Waals surface area contributed by atoms with Crippen LogP contribution in [-0.4, -0.2) is 38.9 Å². The van der Waals surface area contributed by atoms with Crippen molar-refractivity contribution in [2.75, 3.05) is 20.8 Å². The summed E-state index contributed by atoms with van der Waals surface area (Å²) in [4.78, 5) is 11.4. The van der Waals surface area contributed by atoms with E-state index in [1.165, 1.54) is 20.0 Å². The monoisotopic (exact) mass is 243 g/mol. The van der Waals surface area contributed by atoms with Crippen LogP contribution < -0.4 is 5.32 Å². The maximum absolute atomic E-state index is 11.4. The van der Waals surface area contributed by atoms with Crippen LogP contribution in [0, 0.1) is 5.41 Å². The molecule has 1 N–H and O–H groups in total. The summed E-state index contributed by atoms with van der Waals surface area (Å²) in [6.45, 7) is 5.00. The Balaban J connectivity index is 2.29. The Morgan fingerprint density at radius 2 is 2.00 bits per heavy atom. The van der Waals surface area contributed by atoms with Gasteiger partial charge in [-0.1, -0.05) is 13.8 Å². The number of likely N-dealkylation sites (N-methyl/N-ethyl adjacent to an activating group) is 1. The first-order valence-corrected chi connectivity index (χ1v) is 6.35. The van der Waals surface area contributed by atoms with Gasteiger partial charge in [-0.3, -0.25) is 4.79 Å². The van der Waals surface area contributed by atoms with Crippen LogP contribution >= 0.6 is 0 Å². The number of carbonyl (C=O) groups excluding carboxylic acids is 1. The van der Waals surface area contributed by atoms with E-state index in [0.29, 0.717) is 18.1 Å². The first-order chi connectivity index (χ1) is 7.98. The van der Waals surface area contributed by atoms with Crippen LogP contribution in [0.2, 0.25) is 0 Å². The van der Waals surface area contributed by atoms with Crippen molar-refractivity contribution in [3.63, 3.8) is 0 Å². The summed E-state index contributed by atoms with van der Waals surface area (Å²) in [5.41, 5.74) is 0.449. The summed E-state index contributed by atoms with van der Waals surface area (Å²) in [5.74, 6) is -0.261. The molecule has 0 aromatic carbocycles. The highest BCUT2D eigenvalue weighted by Gasteiger charge is 2.28. The third kappa shape index (κ3) is 4.64. The summed E-state index contributed by atoms with van der Waals surface area (Å²) < 4.78 is 10.5. The fourth-order valence-corrected chi connectivity index (χ4v) is 2.18. The van der Waals surface area contributed by atoms with E-state index >= 15 is 0 Å². The average molecular weight is 243 g/mol. The van der Waals surface area contributed by atoms with E-state index in [0.717, 1.165) is 12.8 Å². The fraction of sp³-hybridized carbons (Fsp3) is 0.923. The van der Waals surface area contributed by atoms with Gasteiger partial charge in [-0.15, -0.1) is 0 Å². The minimum Gasteiger partial charge on any atom is -0.468 e. The van der Waals surface area contributed by atoms with Crippen LogP contribution in [0.3, 0.4) is 0 Å². The number of carbonyl (C=O) groups is 1. The smallest absolute Gasteiger partial charge is 0.325 e. The molecule has 1 unspecified atom stereocenters. The van der Waals surface area contributed by atoms with E-state index in [1.54, 1.807) is 7.05 Å². The van der Waals surface area contributed by atoms with Crippen molar-refractivity contribution >= 4 is 5.97 Å². The third-order valence-electron chi connectivity index (χ3n) is 3.62. The van der Waals surface area contributed by atoms with E-state index in [9.17, 15) is 4.79 Å². The normalized spacial score (nSPS) is 22.1. The second-order valence-electron chi connectivity index (χ2n) is 5.56. The van der Waals surface area contributed by atoms with E-state index in [-0.39, 0.29) is 12.0 Å². The third-order valence-corrected chi connectivity index (χ3v) is 3.62. The highest BCUT2D eigenvalue weighted by molar-refractivity contribution is 5.75. The molecule has 1 rings (SSSR count). The van der Waals surface area contributed by atoms with E-state index in [1.807, 2.05) is 0 Å². The number of ether oxygens (including phenoxy) is 2. The first kappa shape index (κ1) is 14.5. The lowest BCUT2D eigenvalue weighted by atomic mass is 9.76. The van der Waals surface area contributed by atoms with Crippen molar-refractivity contribution in [1.29, 1.82) is 0 Å². The number of hydrogen-bond donors (Lipinski definition) is 1. The lowest BCUT2D eigenvalue weighted by Crippen LogP contribution is -2.40. The van der Waals surface area contributed by atoms with Crippen molar-refractivity contribution in [2.45, 2.75) is 51.7 Å². The Morgan fingerprint density at radius 1 is 1.41 bits per heavy atom. The topological polar surface area (TPSA) is 47.6 Å². The van der Waals surface area contributed by atoms with E-state index in [2.05, 4.69) is 19.2 Å². The molecule has 100 valence electrons. The van der Waals surface area contributed by atoms with Crippen molar-refractivity contribution in [1.82, 2.24) is 5.32 Å². The van der Waals surface area contributed by atoms with Crippen molar-refractivity contribution < 1.29 is 14.3 Å². The predicted octanol–water partition coefficient (Wildman–Crippen LogP) is 1.73. The molecule has 0 spiro atoms. The zero-order valence-corrected chi connectivity index (χ0v) is 11.4. The molecule has 1 aliphatic rings. The van der Waals surface area contributed by atoms with Crippen LogP contribution in [0.4, 0.5) is 0 Å². The molecule has 0 bridgehead atoms. The molecule has 0 saturated heterocycles. The molecule has 0 heterocycles. The van der Waals surface area contributed by atoms with Gasteiger partial charge in [-0.25, -0.2) is 0 Å². The minimum absolute atomic E-state index is 0.261. The van der Waals surface area contributed by atoms with Crippen LogP contribution in [0.1, 0.15) is 39.5 Å². The summed E-state index contributed by atoms with van der Waals surface area (Å²) >= 11 is 0. The Bertz CT molecular complexity index is 243. The Hall–Kier alpha value is -0.610. The number of esters is 1. The molecule has 1 aliphatic carbocycles. The quantitative estimate of drug-likeness (QED) is 0.747. The van der Waals surface area contributed by atoms with Crippen molar-refractivity contribution in [3.05, 3.63) is 0 Å². The van der Waals surface area contributed by atoms with Crippen LogP contribution in [0.15, 0.2) is 0 Å². The average Bonchev–Trinajstić information content (AvgIpc) is 2.31. The Morgan fingerprint density at radius 3 is 2.47 bits per heavy atom. The number of rotatable bonds is 5. The number of nitrogens with one attached hydrogen (secondary N) is 1. The van der Waals surface area contributed by atoms with Crippen LogP contribution in [-0.2, 0) is 14.3 Å². The molecule has 1 saturated carbocycles. The molecule has 1 atom stereocenters. The van der Waals surface area contributed by atoms with Crippen LogP contribution in [0.5, 0.6) is 0 Å². The van der Waals surface area contributed by atoms with Gasteiger partial charge in [0.05, 0.1) is 19.8 Å².